The quantitative estimate of drug-likeness (QED) is 0.710. The molecule has 2 rings (SSSR count). The molecule has 1 aliphatic rings. The average molecular weight is 181 g/mol. The van der Waals surface area contributed by atoms with Gasteiger partial charge in [0.05, 0.1) is 12.3 Å². The molecule has 0 saturated carbocycles. The minimum absolute atomic E-state index is 0.489. The monoisotopic (exact) mass is 181 g/mol. The molecule has 2 heterocycles. The van der Waals surface area contributed by atoms with E-state index in [-0.39, 0.29) is 0 Å². The molecule has 1 unspecified atom stereocenters. The summed E-state index contributed by atoms with van der Waals surface area (Å²) in [7, 11) is 0. The van der Waals surface area contributed by atoms with Crippen molar-refractivity contribution in [2.75, 3.05) is 19.8 Å². The second kappa shape index (κ2) is 3.89. The highest BCUT2D eigenvalue weighted by atomic mass is 16.5. The Morgan fingerprint density at radius 1 is 1.69 bits per heavy atom. The largest absolute Gasteiger partial charge is 0.381 e. The fraction of sp³-hybridized carbons (Fsp3) is 0.667. The second-order valence-corrected chi connectivity index (χ2v) is 3.42. The van der Waals surface area contributed by atoms with Gasteiger partial charge in [0.15, 0.2) is 0 Å². The third-order valence-corrected chi connectivity index (χ3v) is 2.41. The molecule has 0 radical (unpaired) electrons. The molecule has 1 saturated heterocycles. The van der Waals surface area contributed by atoms with Crippen molar-refractivity contribution < 1.29 is 4.74 Å². The van der Waals surface area contributed by atoms with Crippen molar-refractivity contribution in [3.8, 4) is 0 Å². The number of rotatable bonds is 3. The number of aromatic nitrogens is 2. The Morgan fingerprint density at radius 3 is 3.31 bits per heavy atom. The van der Waals surface area contributed by atoms with Crippen LogP contribution >= 0.6 is 0 Å². The van der Waals surface area contributed by atoms with E-state index in [0.717, 1.165) is 37.4 Å². The van der Waals surface area contributed by atoms with Gasteiger partial charge in [-0.2, -0.15) is 5.10 Å². The molecule has 1 aromatic rings. The summed E-state index contributed by atoms with van der Waals surface area (Å²) in [5.41, 5.74) is 7.71. The minimum atomic E-state index is 0.489. The van der Waals surface area contributed by atoms with Crippen LogP contribution in [0, 0.1) is 0 Å². The fourth-order valence-electron chi connectivity index (χ4n) is 1.64. The number of nitrogens with zero attached hydrogens (tertiary/aromatic N) is 1. The molecule has 4 nitrogen and oxygen atoms in total. The Hall–Kier alpha value is -0.870. The first-order chi connectivity index (χ1) is 6.40. The van der Waals surface area contributed by atoms with Gasteiger partial charge in [0.25, 0.3) is 0 Å². The molecule has 0 bridgehead atoms. The van der Waals surface area contributed by atoms with Gasteiger partial charge in [0.2, 0.25) is 0 Å². The van der Waals surface area contributed by atoms with Gasteiger partial charge < -0.3 is 10.5 Å². The zero-order chi connectivity index (χ0) is 9.10. The summed E-state index contributed by atoms with van der Waals surface area (Å²) in [4.78, 5) is 0. The Bertz CT molecular complexity index is 266. The fourth-order valence-corrected chi connectivity index (χ4v) is 1.64. The van der Waals surface area contributed by atoms with Crippen molar-refractivity contribution in [3.05, 3.63) is 17.5 Å². The number of aromatic amines is 1. The van der Waals surface area contributed by atoms with Gasteiger partial charge in [-0.05, 0) is 19.0 Å². The smallest absolute Gasteiger partial charge is 0.0679 e. The Balaban J connectivity index is 2.03. The van der Waals surface area contributed by atoms with E-state index in [1.54, 1.807) is 0 Å². The summed E-state index contributed by atoms with van der Waals surface area (Å²) < 4.78 is 5.30. The van der Waals surface area contributed by atoms with Crippen molar-refractivity contribution in [3.63, 3.8) is 0 Å². The molecule has 1 aromatic heterocycles. The van der Waals surface area contributed by atoms with Crippen LogP contribution in [-0.4, -0.2) is 30.0 Å². The van der Waals surface area contributed by atoms with Crippen LogP contribution in [0.1, 0.15) is 23.7 Å². The average Bonchev–Trinajstić information content (AvgIpc) is 2.70. The standard InChI is InChI=1S/C9H15N3O/c10-3-1-8-5-9(12-11-8)7-2-4-13-6-7/h5,7H,1-4,6,10H2,(H,11,12). The number of ether oxygens (including phenoxy) is 1. The van der Waals surface area contributed by atoms with E-state index in [1.807, 2.05) is 0 Å². The molecule has 0 amide bonds. The summed E-state index contributed by atoms with van der Waals surface area (Å²) in [5, 5.41) is 7.25. The molecular formula is C9H15N3O. The maximum absolute atomic E-state index is 5.45. The molecule has 0 aromatic carbocycles. The van der Waals surface area contributed by atoms with Gasteiger partial charge in [-0.3, -0.25) is 5.10 Å². The molecule has 4 heteroatoms. The summed E-state index contributed by atoms with van der Waals surface area (Å²) in [6, 6.07) is 2.10. The van der Waals surface area contributed by atoms with E-state index < -0.39 is 0 Å². The number of hydrogen-bond acceptors (Lipinski definition) is 3. The lowest BCUT2D eigenvalue weighted by Crippen LogP contribution is -2.02. The number of nitrogens with two attached hydrogens (primary N) is 1. The lowest BCUT2D eigenvalue weighted by molar-refractivity contribution is 0.193. The van der Waals surface area contributed by atoms with Gasteiger partial charge in [-0.15, -0.1) is 0 Å². The van der Waals surface area contributed by atoms with Gasteiger partial charge >= 0.3 is 0 Å². The van der Waals surface area contributed by atoms with Gasteiger partial charge in [0, 0.05) is 24.6 Å². The van der Waals surface area contributed by atoms with Gasteiger partial charge in [0.1, 0.15) is 0 Å². The lowest BCUT2D eigenvalue weighted by atomic mass is 10.1. The first-order valence-corrected chi connectivity index (χ1v) is 4.72. The van der Waals surface area contributed by atoms with Crippen LogP contribution in [-0.2, 0) is 11.2 Å². The third-order valence-electron chi connectivity index (χ3n) is 2.41. The maximum Gasteiger partial charge on any atom is 0.0679 e. The van der Waals surface area contributed by atoms with E-state index in [4.69, 9.17) is 10.5 Å². The van der Waals surface area contributed by atoms with Crippen LogP contribution in [0.15, 0.2) is 6.07 Å². The molecular weight excluding hydrogens is 166 g/mol. The highest BCUT2D eigenvalue weighted by Crippen LogP contribution is 2.23. The Morgan fingerprint density at radius 2 is 2.62 bits per heavy atom. The van der Waals surface area contributed by atoms with Crippen molar-refractivity contribution in [1.29, 1.82) is 0 Å². The molecule has 3 N–H and O–H groups in total. The predicted octanol–water partition coefficient (Wildman–Crippen LogP) is 0.415. The molecule has 1 atom stereocenters. The molecule has 0 spiro atoms. The van der Waals surface area contributed by atoms with Gasteiger partial charge in [-0.1, -0.05) is 0 Å². The Labute approximate surface area is 77.5 Å². The van der Waals surface area contributed by atoms with Crippen LogP contribution in [0.3, 0.4) is 0 Å². The van der Waals surface area contributed by atoms with Crippen LogP contribution in [0.2, 0.25) is 0 Å². The van der Waals surface area contributed by atoms with Crippen molar-refractivity contribution >= 4 is 0 Å². The number of H-pyrrole nitrogens is 1. The van der Waals surface area contributed by atoms with E-state index in [9.17, 15) is 0 Å². The first-order valence-electron chi connectivity index (χ1n) is 4.72. The van der Waals surface area contributed by atoms with E-state index in [0.29, 0.717) is 12.5 Å². The van der Waals surface area contributed by atoms with Crippen LogP contribution in [0.4, 0.5) is 0 Å². The molecule has 13 heavy (non-hydrogen) atoms. The second-order valence-electron chi connectivity index (χ2n) is 3.42. The van der Waals surface area contributed by atoms with Crippen molar-refractivity contribution in [2.45, 2.75) is 18.8 Å². The predicted molar refractivity (Wildman–Crippen MR) is 49.5 cm³/mol. The van der Waals surface area contributed by atoms with E-state index >= 15 is 0 Å². The molecule has 72 valence electrons. The summed E-state index contributed by atoms with van der Waals surface area (Å²) >= 11 is 0. The molecule has 1 aliphatic heterocycles. The van der Waals surface area contributed by atoms with E-state index in [1.165, 1.54) is 0 Å². The zero-order valence-corrected chi connectivity index (χ0v) is 7.62. The minimum Gasteiger partial charge on any atom is -0.381 e. The maximum atomic E-state index is 5.45. The first kappa shape index (κ1) is 8.72. The van der Waals surface area contributed by atoms with Crippen molar-refractivity contribution in [2.24, 2.45) is 5.73 Å². The van der Waals surface area contributed by atoms with Crippen LogP contribution in [0.25, 0.3) is 0 Å². The molecule has 1 fully saturated rings. The molecule has 0 aliphatic carbocycles. The van der Waals surface area contributed by atoms with Gasteiger partial charge in [-0.25, -0.2) is 0 Å². The number of nitrogens with one attached hydrogen (secondary N) is 1. The summed E-state index contributed by atoms with van der Waals surface area (Å²) in [6.45, 7) is 2.35. The number of hydrogen-bond donors (Lipinski definition) is 2. The normalized spacial score (nSPS) is 22.4. The van der Waals surface area contributed by atoms with Crippen LogP contribution < -0.4 is 5.73 Å². The zero-order valence-electron chi connectivity index (χ0n) is 7.62. The lowest BCUT2D eigenvalue weighted by Gasteiger charge is -2.00. The van der Waals surface area contributed by atoms with E-state index in [2.05, 4.69) is 16.3 Å². The summed E-state index contributed by atoms with van der Waals surface area (Å²) in [5.74, 6) is 0.489. The highest BCUT2D eigenvalue weighted by Gasteiger charge is 2.19. The topological polar surface area (TPSA) is 63.9 Å². The summed E-state index contributed by atoms with van der Waals surface area (Å²) in [6.07, 6.45) is 1.97. The Kier molecular flexibility index (Phi) is 2.61. The SMILES string of the molecule is NCCc1cc(C2CCOC2)n[nH]1. The highest BCUT2D eigenvalue weighted by molar-refractivity contribution is 5.14. The van der Waals surface area contributed by atoms with Crippen LogP contribution in [0.5, 0.6) is 0 Å². The third kappa shape index (κ3) is 1.89. The van der Waals surface area contributed by atoms with Crippen molar-refractivity contribution in [1.82, 2.24) is 10.2 Å².